The minimum atomic E-state index is -0.668. The van der Waals surface area contributed by atoms with Crippen LogP contribution in [0.15, 0.2) is 46.0 Å². The molecule has 8 aromatic carbocycles. The first-order valence-corrected chi connectivity index (χ1v) is 21.6. The molecule has 0 saturated carbocycles. The molecular formula is C50H55NO10. The van der Waals surface area contributed by atoms with Crippen molar-refractivity contribution in [1.29, 1.82) is 0 Å². The fraction of sp³-hybridized carbons (Fsp3) is 0.380. The highest BCUT2D eigenvalue weighted by molar-refractivity contribution is 6.51. The molecule has 0 aliphatic carbocycles. The molecule has 11 nitrogen and oxygen atoms in total. The molecule has 0 saturated heterocycles. The van der Waals surface area contributed by atoms with E-state index in [4.69, 9.17) is 15.6 Å². The Morgan fingerprint density at radius 2 is 0.902 bits per heavy atom. The van der Waals surface area contributed by atoms with Crippen LogP contribution < -0.4 is 21.3 Å². The molecule has 320 valence electrons. The molecule has 8 rings (SSSR count). The van der Waals surface area contributed by atoms with Gasteiger partial charge < -0.3 is 41.1 Å². The van der Waals surface area contributed by atoms with Crippen molar-refractivity contribution >= 4 is 81.4 Å². The van der Waals surface area contributed by atoms with E-state index in [2.05, 4.69) is 19.1 Å². The number of nitrogens with two attached hydrogens (primary N) is 1. The zero-order chi connectivity index (χ0) is 43.7. The van der Waals surface area contributed by atoms with E-state index < -0.39 is 34.1 Å². The SMILES string of the molecule is CCCCCCCC/C=C\CCCCCCCC(=O)Oc1cc(O)c2c3c(O)cc(O)c4c(=O)c5c(O)cc(C)c6c7c(C)cc(O)c8c(=O)c1c2c(c87)c(c56)c43.NCCO. The van der Waals surface area contributed by atoms with E-state index in [0.29, 0.717) is 56.4 Å². The largest absolute Gasteiger partial charge is 0.507 e. The van der Waals surface area contributed by atoms with Crippen LogP contribution in [0.2, 0.25) is 0 Å². The number of fused-ring (bicyclic) bond motifs is 2. The number of carbonyl (C=O) groups excluding carboxylic acids is 1. The van der Waals surface area contributed by atoms with E-state index in [1.165, 1.54) is 50.7 Å². The molecule has 0 spiro atoms. The Morgan fingerprint density at radius 1 is 0.525 bits per heavy atom. The van der Waals surface area contributed by atoms with Gasteiger partial charge in [0.15, 0.2) is 0 Å². The summed E-state index contributed by atoms with van der Waals surface area (Å²) in [7, 11) is 0. The quantitative estimate of drug-likeness (QED) is 0.0115. The van der Waals surface area contributed by atoms with E-state index in [1.54, 1.807) is 13.8 Å². The summed E-state index contributed by atoms with van der Waals surface area (Å²) < 4.78 is 5.88. The van der Waals surface area contributed by atoms with Crippen molar-refractivity contribution in [3.63, 3.8) is 0 Å². The predicted molar refractivity (Wildman–Crippen MR) is 245 cm³/mol. The Hall–Kier alpha value is -5.91. The number of phenolic OH excluding ortho intramolecular Hbond substituents is 5. The summed E-state index contributed by atoms with van der Waals surface area (Å²) in [5, 5.41) is 67.5. The summed E-state index contributed by atoms with van der Waals surface area (Å²) in [4.78, 5) is 42.4. The van der Waals surface area contributed by atoms with Gasteiger partial charge in [-0.2, -0.15) is 0 Å². The Kier molecular flexibility index (Phi) is 12.7. The van der Waals surface area contributed by atoms with Crippen molar-refractivity contribution < 1.29 is 40.2 Å². The Bertz CT molecular complexity index is 2990. The summed E-state index contributed by atoms with van der Waals surface area (Å²) in [5.41, 5.74) is 4.67. The van der Waals surface area contributed by atoms with Gasteiger partial charge in [0.1, 0.15) is 34.5 Å². The van der Waals surface area contributed by atoms with E-state index in [9.17, 15) is 39.9 Å². The number of aryl methyl sites for hydroxylation is 2. The van der Waals surface area contributed by atoms with Crippen LogP contribution in [0.5, 0.6) is 34.5 Å². The van der Waals surface area contributed by atoms with Gasteiger partial charge in [-0.05, 0) is 80.0 Å². The maximum Gasteiger partial charge on any atom is 0.311 e. The number of benzene rings is 8. The standard InChI is InChI=1S/C48H48O9.C2H7NO/c1-4-5-6-7-8-9-10-11-12-13-14-15-16-17-18-19-32(54)57-31-23-30(53)36-35-28(51)22-29(52)39-43(35)45-41-33(24(2)20-26(49)37(41)47(39)55)34-25(3)21-27(50)38-42(34)46(45)44(36)40(31)48(38)56;3-1-2-4/h11-12,20-23,49-53H,4-10,13-19H2,1-3H3;4H,1-3H2/b12-11-;. The first-order valence-electron chi connectivity index (χ1n) is 21.6. The van der Waals surface area contributed by atoms with Gasteiger partial charge >= 0.3 is 5.97 Å². The van der Waals surface area contributed by atoms with Gasteiger partial charge in [0.05, 0.1) is 28.2 Å². The molecule has 0 amide bonds. The molecule has 0 radical (unpaired) electrons. The number of aliphatic hydroxyl groups is 1. The van der Waals surface area contributed by atoms with Crippen LogP contribution in [0.25, 0.3) is 75.4 Å². The lowest BCUT2D eigenvalue weighted by molar-refractivity contribution is -0.134. The zero-order valence-electron chi connectivity index (χ0n) is 35.2. The fourth-order valence-corrected chi connectivity index (χ4v) is 9.56. The molecule has 0 bridgehead atoms. The summed E-state index contributed by atoms with van der Waals surface area (Å²) >= 11 is 0. The molecule has 11 heteroatoms. The number of esters is 1. The maximum atomic E-state index is 14.8. The minimum Gasteiger partial charge on any atom is -0.507 e. The van der Waals surface area contributed by atoms with E-state index in [-0.39, 0.29) is 73.4 Å². The molecule has 0 aliphatic rings. The van der Waals surface area contributed by atoms with E-state index in [0.717, 1.165) is 50.7 Å². The molecular weight excluding hydrogens is 775 g/mol. The molecule has 0 aromatic heterocycles. The lowest BCUT2D eigenvalue weighted by atomic mass is 9.78. The van der Waals surface area contributed by atoms with Crippen molar-refractivity contribution in [1.82, 2.24) is 0 Å². The number of aromatic hydroxyl groups is 5. The fourth-order valence-electron chi connectivity index (χ4n) is 9.56. The number of hydrogen-bond donors (Lipinski definition) is 7. The van der Waals surface area contributed by atoms with Crippen molar-refractivity contribution in [2.24, 2.45) is 5.73 Å². The summed E-state index contributed by atoms with van der Waals surface area (Å²) in [5.74, 6) is -2.77. The third kappa shape index (κ3) is 7.48. The van der Waals surface area contributed by atoms with Crippen molar-refractivity contribution in [2.45, 2.75) is 111 Å². The van der Waals surface area contributed by atoms with Crippen LogP contribution in [0, 0.1) is 13.8 Å². The highest BCUT2D eigenvalue weighted by atomic mass is 16.5. The van der Waals surface area contributed by atoms with Crippen LogP contribution in [-0.2, 0) is 4.79 Å². The zero-order valence-corrected chi connectivity index (χ0v) is 35.2. The van der Waals surface area contributed by atoms with Gasteiger partial charge in [0.25, 0.3) is 0 Å². The Labute approximate surface area is 352 Å². The van der Waals surface area contributed by atoms with Gasteiger partial charge in [-0.15, -0.1) is 0 Å². The molecule has 0 unspecified atom stereocenters. The second-order valence-corrected chi connectivity index (χ2v) is 16.5. The van der Waals surface area contributed by atoms with Gasteiger partial charge in [0.2, 0.25) is 10.9 Å². The summed E-state index contributed by atoms with van der Waals surface area (Å²) in [6.07, 6.45) is 19.2. The molecule has 61 heavy (non-hydrogen) atoms. The third-order valence-electron chi connectivity index (χ3n) is 12.2. The minimum absolute atomic E-state index is 0.0176. The van der Waals surface area contributed by atoms with Crippen LogP contribution >= 0.6 is 0 Å². The average Bonchev–Trinajstić information content (AvgIpc) is 3.21. The first kappa shape index (κ1) is 43.2. The monoisotopic (exact) mass is 829 g/mol. The van der Waals surface area contributed by atoms with Crippen molar-refractivity contribution in [2.75, 3.05) is 13.2 Å². The van der Waals surface area contributed by atoms with Crippen molar-refractivity contribution in [3.8, 4) is 34.5 Å². The number of phenols is 5. The van der Waals surface area contributed by atoms with Crippen LogP contribution in [-0.4, -0.2) is 49.8 Å². The molecule has 0 atom stereocenters. The van der Waals surface area contributed by atoms with E-state index >= 15 is 0 Å². The van der Waals surface area contributed by atoms with Crippen LogP contribution in [0.4, 0.5) is 0 Å². The molecule has 0 heterocycles. The third-order valence-corrected chi connectivity index (χ3v) is 12.2. The van der Waals surface area contributed by atoms with E-state index in [1.807, 2.05) is 0 Å². The van der Waals surface area contributed by atoms with Crippen LogP contribution in [0.1, 0.15) is 108 Å². The number of ether oxygens (including phenoxy) is 1. The maximum absolute atomic E-state index is 14.8. The van der Waals surface area contributed by atoms with Gasteiger partial charge in [0, 0.05) is 68.2 Å². The topological polar surface area (TPSA) is 208 Å². The molecule has 8 N–H and O–H groups in total. The second-order valence-electron chi connectivity index (χ2n) is 16.5. The first-order chi connectivity index (χ1) is 29.4. The highest BCUT2D eigenvalue weighted by Crippen LogP contribution is 2.57. The number of allylic oxidation sites excluding steroid dienone is 2. The summed E-state index contributed by atoms with van der Waals surface area (Å²) in [6.45, 7) is 6.25. The second kappa shape index (κ2) is 18.0. The number of hydrogen-bond acceptors (Lipinski definition) is 11. The van der Waals surface area contributed by atoms with Crippen molar-refractivity contribution in [3.05, 3.63) is 68.0 Å². The molecule has 0 aliphatic heterocycles. The summed E-state index contributed by atoms with van der Waals surface area (Å²) in [6, 6.07) is 5.11. The Balaban J connectivity index is 0.00000134. The van der Waals surface area contributed by atoms with Gasteiger partial charge in [-0.3, -0.25) is 14.4 Å². The molecule has 0 fully saturated rings. The smallest absolute Gasteiger partial charge is 0.311 e. The Morgan fingerprint density at radius 3 is 1.41 bits per heavy atom. The van der Waals surface area contributed by atoms with Crippen LogP contribution in [0.3, 0.4) is 0 Å². The highest BCUT2D eigenvalue weighted by Gasteiger charge is 2.33. The number of aliphatic hydroxyl groups excluding tert-OH is 1. The van der Waals surface area contributed by atoms with Gasteiger partial charge in [-0.25, -0.2) is 0 Å². The number of unbranched alkanes of at least 4 members (excludes halogenated alkanes) is 11. The number of rotatable bonds is 17. The van der Waals surface area contributed by atoms with Gasteiger partial charge in [-0.1, -0.05) is 70.4 Å². The molecule has 8 aromatic rings. The predicted octanol–water partition coefficient (Wildman–Crippen LogP) is 10.3. The lowest BCUT2D eigenvalue weighted by Gasteiger charge is -2.25. The average molecular weight is 830 g/mol. The normalized spacial score (nSPS) is 12.2. The number of carbonyl (C=O) groups is 1. The lowest BCUT2D eigenvalue weighted by Crippen LogP contribution is -2.13.